The Hall–Kier alpha value is 0.499. The Bertz CT molecular complexity index is 146. The molecule has 0 heterocycles. The van der Waals surface area contributed by atoms with Crippen molar-refractivity contribution in [1.29, 1.82) is 0 Å². The summed E-state index contributed by atoms with van der Waals surface area (Å²) in [7, 11) is 0. The third kappa shape index (κ3) is 6.88. The van der Waals surface area contributed by atoms with E-state index < -0.39 is 18.4 Å². The van der Waals surface area contributed by atoms with Gasteiger partial charge in [0.1, 0.15) is 0 Å². The van der Waals surface area contributed by atoms with Crippen LogP contribution in [0.5, 0.6) is 0 Å². The van der Waals surface area contributed by atoms with Gasteiger partial charge in [-0.25, -0.2) is 0 Å². The first kappa shape index (κ1) is 14.5. The van der Waals surface area contributed by atoms with E-state index in [9.17, 15) is 0 Å². The zero-order valence-corrected chi connectivity index (χ0v) is 12.9. The summed E-state index contributed by atoms with van der Waals surface area (Å²) in [5.74, 6) is 0. The van der Waals surface area contributed by atoms with E-state index in [4.69, 9.17) is 5.11 Å². The summed E-state index contributed by atoms with van der Waals surface area (Å²) in [6.07, 6.45) is 7.37. The maximum absolute atomic E-state index is 8.83. The monoisotopic (exact) mass is 306 g/mol. The van der Waals surface area contributed by atoms with Gasteiger partial charge in [0.15, 0.2) is 0 Å². The molecule has 0 aliphatic carbocycles. The molecule has 0 aromatic carbocycles. The van der Waals surface area contributed by atoms with Crippen LogP contribution >= 0.6 is 0 Å². The van der Waals surface area contributed by atoms with Crippen LogP contribution in [-0.4, -0.2) is 30.1 Å². The molecule has 0 spiro atoms. The Balaban J connectivity index is 4.09. The molecule has 0 radical (unpaired) electrons. The molecule has 0 rings (SSSR count). The number of hydrogen-bond acceptors (Lipinski definition) is 1. The van der Waals surface area contributed by atoms with Gasteiger partial charge in [0.25, 0.3) is 0 Å². The molecule has 0 fully saturated rings. The Morgan fingerprint density at radius 2 is 1.57 bits per heavy atom. The van der Waals surface area contributed by atoms with Crippen LogP contribution in [-0.2, 0) is 0 Å². The van der Waals surface area contributed by atoms with Gasteiger partial charge in [-0.3, -0.25) is 0 Å². The molecule has 0 atom stereocenters. The van der Waals surface area contributed by atoms with Gasteiger partial charge >= 0.3 is 93.6 Å². The van der Waals surface area contributed by atoms with Crippen LogP contribution in [0.2, 0.25) is 13.8 Å². The fraction of sp³-hybridized carbons (Fsp3) is 0.833. The second kappa shape index (κ2) is 8.78. The van der Waals surface area contributed by atoms with Crippen molar-refractivity contribution in [3.63, 3.8) is 0 Å². The third-order valence-corrected chi connectivity index (χ3v) is 14.3. The van der Waals surface area contributed by atoms with Crippen molar-refractivity contribution in [2.75, 3.05) is 6.61 Å². The Morgan fingerprint density at radius 3 is 1.93 bits per heavy atom. The number of aliphatic hydroxyl groups is 1. The van der Waals surface area contributed by atoms with Crippen molar-refractivity contribution < 1.29 is 5.11 Å². The summed E-state index contributed by atoms with van der Waals surface area (Å²) in [5.41, 5.74) is 0. The molecule has 1 nitrogen and oxygen atoms in total. The van der Waals surface area contributed by atoms with Crippen molar-refractivity contribution in [3.05, 3.63) is 10.2 Å². The average molecular weight is 305 g/mol. The van der Waals surface area contributed by atoms with E-state index in [-0.39, 0.29) is 6.61 Å². The standard InChI is InChI=1S/2C4H9.C3H5O.CH3.Sn/c2*1-3-4-2;1-2-3-4;;/h2*1,3-4H2,2H3;1-2,4H,3H2;1H3;. The molecule has 14 heavy (non-hydrogen) atoms. The first-order valence-corrected chi connectivity index (χ1v) is 14.5. The molecular weight excluding hydrogens is 279 g/mol. The third-order valence-electron chi connectivity index (χ3n) is 2.83. The van der Waals surface area contributed by atoms with E-state index in [0.717, 1.165) is 0 Å². The Kier molecular flexibility index (Phi) is 9.09. The van der Waals surface area contributed by atoms with Gasteiger partial charge in [-0.1, -0.05) is 0 Å². The molecule has 0 aliphatic heterocycles. The van der Waals surface area contributed by atoms with Gasteiger partial charge in [0.2, 0.25) is 0 Å². The van der Waals surface area contributed by atoms with E-state index in [0.29, 0.717) is 0 Å². The fourth-order valence-corrected chi connectivity index (χ4v) is 12.0. The zero-order valence-electron chi connectivity index (χ0n) is 10.1. The molecule has 0 saturated heterocycles. The van der Waals surface area contributed by atoms with Gasteiger partial charge in [-0.2, -0.15) is 0 Å². The first-order chi connectivity index (χ1) is 6.68. The summed E-state index contributed by atoms with van der Waals surface area (Å²) in [5, 5.41) is 8.83. The van der Waals surface area contributed by atoms with Crippen molar-refractivity contribution in [2.45, 2.75) is 53.3 Å². The molecule has 2 heteroatoms. The van der Waals surface area contributed by atoms with Crippen molar-refractivity contribution >= 4 is 18.4 Å². The van der Waals surface area contributed by atoms with Crippen LogP contribution < -0.4 is 0 Å². The van der Waals surface area contributed by atoms with E-state index in [1.54, 1.807) is 0 Å². The molecule has 1 N–H and O–H groups in total. The van der Waals surface area contributed by atoms with Crippen molar-refractivity contribution in [1.82, 2.24) is 0 Å². The van der Waals surface area contributed by atoms with Crippen LogP contribution in [0.25, 0.3) is 0 Å². The summed E-state index contributed by atoms with van der Waals surface area (Å²) in [6, 6.07) is 0. The van der Waals surface area contributed by atoms with Gasteiger partial charge in [-0.15, -0.1) is 0 Å². The predicted molar refractivity (Wildman–Crippen MR) is 67.3 cm³/mol. The van der Waals surface area contributed by atoms with Crippen LogP contribution in [0.4, 0.5) is 0 Å². The van der Waals surface area contributed by atoms with Crippen LogP contribution in [0.3, 0.4) is 0 Å². The number of aliphatic hydroxyl groups excluding tert-OH is 1. The molecule has 0 amide bonds. The maximum atomic E-state index is 8.83. The number of hydrogen-bond donors (Lipinski definition) is 1. The van der Waals surface area contributed by atoms with Crippen molar-refractivity contribution in [2.24, 2.45) is 0 Å². The number of rotatable bonds is 8. The Morgan fingerprint density at radius 1 is 1.07 bits per heavy atom. The molecule has 0 saturated carbocycles. The molecule has 0 unspecified atom stereocenters. The molecule has 0 aromatic rings. The fourth-order valence-electron chi connectivity index (χ4n) is 1.79. The van der Waals surface area contributed by atoms with Crippen LogP contribution in [0.1, 0.15) is 39.5 Å². The minimum atomic E-state index is -1.90. The molecule has 0 bridgehead atoms. The summed E-state index contributed by atoms with van der Waals surface area (Å²) in [4.78, 5) is 2.52. The minimum absolute atomic E-state index is 0.227. The first-order valence-electron chi connectivity index (χ1n) is 5.97. The molecule has 0 aromatic heterocycles. The van der Waals surface area contributed by atoms with Crippen LogP contribution in [0, 0.1) is 0 Å². The summed E-state index contributed by atoms with van der Waals surface area (Å²) >= 11 is -1.90. The topological polar surface area (TPSA) is 20.2 Å². The van der Waals surface area contributed by atoms with E-state index in [1.807, 2.05) is 6.08 Å². The quantitative estimate of drug-likeness (QED) is 0.677. The predicted octanol–water partition coefficient (Wildman–Crippen LogP) is 3.75. The van der Waals surface area contributed by atoms with Gasteiger partial charge < -0.3 is 0 Å². The average Bonchev–Trinajstić information content (AvgIpc) is 2.21. The van der Waals surface area contributed by atoms with E-state index in [2.05, 4.69) is 22.9 Å². The number of unbranched alkanes of at least 4 members (excludes halogenated alkanes) is 2. The van der Waals surface area contributed by atoms with Gasteiger partial charge in [0, 0.05) is 0 Å². The summed E-state index contributed by atoms with van der Waals surface area (Å²) in [6.45, 7) is 4.76. The van der Waals surface area contributed by atoms with Crippen LogP contribution in [0.15, 0.2) is 10.2 Å². The molecular formula is C12H26OSn. The zero-order chi connectivity index (χ0) is 10.9. The SMILES string of the molecule is CCC[CH2][Sn]([CH3])(/[CH]=C/CO)[CH2]CCC. The Labute approximate surface area is 93.5 Å². The second-order valence-electron chi connectivity index (χ2n) is 4.45. The normalized spacial score (nSPS) is 12.6. The van der Waals surface area contributed by atoms with E-state index in [1.165, 1.54) is 34.6 Å². The second-order valence-corrected chi connectivity index (χ2v) is 17.7. The molecule has 84 valence electrons. The van der Waals surface area contributed by atoms with Crippen molar-refractivity contribution in [3.8, 4) is 0 Å². The molecule has 0 aliphatic rings. The van der Waals surface area contributed by atoms with Gasteiger partial charge in [-0.05, 0) is 0 Å². The van der Waals surface area contributed by atoms with E-state index >= 15 is 0 Å². The summed E-state index contributed by atoms with van der Waals surface area (Å²) < 4.78 is 5.34. The van der Waals surface area contributed by atoms with Gasteiger partial charge in [0.05, 0.1) is 0 Å².